The highest BCUT2D eigenvalue weighted by molar-refractivity contribution is 7.89. The highest BCUT2D eigenvalue weighted by Crippen LogP contribution is 2.27. The Kier molecular flexibility index (Phi) is 7.66. The predicted octanol–water partition coefficient (Wildman–Crippen LogP) is 0.418. The number of rotatable bonds is 8. The van der Waals surface area contributed by atoms with Gasteiger partial charge >= 0.3 is 0 Å². The van der Waals surface area contributed by atoms with Gasteiger partial charge in [-0.15, -0.1) is 0 Å². The van der Waals surface area contributed by atoms with Crippen LogP contribution in [0.3, 0.4) is 0 Å². The Bertz CT molecular complexity index is 721. The van der Waals surface area contributed by atoms with Crippen LogP contribution in [0.4, 0.5) is 0 Å². The number of likely N-dealkylation sites (N-methyl/N-ethyl adjacent to an activating group) is 1. The first-order valence-corrected chi connectivity index (χ1v) is 10.1. The third-order valence-electron chi connectivity index (χ3n) is 4.02. The normalized spacial score (nSPS) is 15.9. The van der Waals surface area contributed by atoms with E-state index in [1.54, 1.807) is 4.90 Å². The van der Waals surface area contributed by atoms with Crippen molar-refractivity contribution in [2.45, 2.75) is 4.90 Å². The second-order valence-corrected chi connectivity index (χ2v) is 8.13. The molecule has 1 N–H and O–H groups in total. The van der Waals surface area contributed by atoms with Gasteiger partial charge in [0.2, 0.25) is 10.0 Å². The molecule has 8 nitrogen and oxygen atoms in total. The van der Waals surface area contributed by atoms with Gasteiger partial charge in [0.15, 0.2) is 6.61 Å². The van der Waals surface area contributed by atoms with Crippen molar-refractivity contribution in [2.75, 3.05) is 60.1 Å². The van der Waals surface area contributed by atoms with E-state index < -0.39 is 10.0 Å². The summed E-state index contributed by atoms with van der Waals surface area (Å²) in [5.41, 5.74) is 0. The molecule has 0 saturated carbocycles. The summed E-state index contributed by atoms with van der Waals surface area (Å²) in [7, 11) is -0.177. The molecule has 26 heavy (non-hydrogen) atoms. The minimum absolute atomic E-state index is 0.0244. The molecule has 1 aromatic carbocycles. The third-order valence-corrected chi connectivity index (χ3v) is 5.77. The smallest absolute Gasteiger partial charge is 0.260 e. The van der Waals surface area contributed by atoms with Crippen molar-refractivity contribution in [1.82, 2.24) is 14.5 Å². The SMILES string of the molecule is COCCNS(=O)(=O)c1ccc(OCC(=O)N2CCN(C)CC2)c(Cl)c1. The minimum Gasteiger partial charge on any atom is -0.482 e. The summed E-state index contributed by atoms with van der Waals surface area (Å²) in [5, 5.41) is 0.130. The maximum atomic E-state index is 12.2. The number of nitrogens with zero attached hydrogens (tertiary/aromatic N) is 2. The number of nitrogens with one attached hydrogen (secondary N) is 1. The minimum atomic E-state index is -3.68. The number of halogens is 1. The molecule has 1 aromatic rings. The molecule has 10 heteroatoms. The number of methoxy groups -OCH3 is 1. The van der Waals surface area contributed by atoms with E-state index in [9.17, 15) is 13.2 Å². The monoisotopic (exact) mass is 405 g/mol. The zero-order chi connectivity index (χ0) is 19.2. The predicted molar refractivity (Wildman–Crippen MR) is 98.1 cm³/mol. The van der Waals surface area contributed by atoms with Crippen LogP contribution in [-0.4, -0.2) is 84.2 Å². The number of carbonyl (C=O) groups is 1. The first kappa shape index (κ1) is 20.9. The van der Waals surface area contributed by atoms with E-state index in [4.69, 9.17) is 21.1 Å². The van der Waals surface area contributed by atoms with E-state index in [0.29, 0.717) is 13.1 Å². The molecular formula is C16H24ClN3O5S. The van der Waals surface area contributed by atoms with Crippen LogP contribution in [0.15, 0.2) is 23.1 Å². The average Bonchev–Trinajstić information content (AvgIpc) is 2.61. The summed E-state index contributed by atoms with van der Waals surface area (Å²) in [6, 6.07) is 4.13. The summed E-state index contributed by atoms with van der Waals surface area (Å²) < 4.78 is 37.0. The Labute approximate surface area is 159 Å². The van der Waals surface area contributed by atoms with Gasteiger partial charge in [-0.25, -0.2) is 13.1 Å². The number of ether oxygens (including phenoxy) is 2. The van der Waals surface area contributed by atoms with Gasteiger partial charge in [-0.1, -0.05) is 11.6 Å². The summed E-state index contributed by atoms with van der Waals surface area (Å²) >= 11 is 6.11. The van der Waals surface area contributed by atoms with Crippen LogP contribution in [-0.2, 0) is 19.6 Å². The fourth-order valence-electron chi connectivity index (χ4n) is 2.41. The summed E-state index contributed by atoms with van der Waals surface area (Å²) in [5.74, 6) is 0.150. The second kappa shape index (κ2) is 9.52. The molecule has 0 aromatic heterocycles. The lowest BCUT2D eigenvalue weighted by atomic mass is 10.3. The van der Waals surface area contributed by atoms with Gasteiger partial charge < -0.3 is 19.3 Å². The lowest BCUT2D eigenvalue weighted by Crippen LogP contribution is -2.48. The zero-order valence-electron chi connectivity index (χ0n) is 14.9. The highest BCUT2D eigenvalue weighted by atomic mass is 35.5. The summed E-state index contributed by atoms with van der Waals surface area (Å²) in [4.78, 5) is 16.1. The molecule has 0 spiro atoms. The van der Waals surface area contributed by atoms with Gasteiger partial charge in [-0.05, 0) is 25.2 Å². The molecule has 0 bridgehead atoms. The number of benzene rings is 1. The lowest BCUT2D eigenvalue weighted by molar-refractivity contribution is -0.134. The summed E-state index contributed by atoms with van der Waals surface area (Å²) in [6.07, 6.45) is 0. The number of hydrogen-bond acceptors (Lipinski definition) is 6. The Hall–Kier alpha value is -1.39. The number of amides is 1. The standard InChI is InChI=1S/C16H24ClN3O5S/c1-19-6-8-20(9-7-19)16(21)12-25-15-4-3-13(11-14(15)17)26(22,23)18-5-10-24-2/h3-4,11,18H,5-10,12H2,1-2H3. The Morgan fingerprint density at radius 1 is 1.27 bits per heavy atom. The number of piperazine rings is 1. The molecular weight excluding hydrogens is 382 g/mol. The quantitative estimate of drug-likeness (QED) is 0.630. The van der Waals surface area contributed by atoms with Crippen molar-refractivity contribution >= 4 is 27.5 Å². The molecule has 1 saturated heterocycles. The first-order valence-electron chi connectivity index (χ1n) is 8.21. The summed E-state index contributed by atoms with van der Waals surface area (Å²) in [6.45, 7) is 3.27. The molecule has 1 aliphatic heterocycles. The van der Waals surface area contributed by atoms with Gasteiger partial charge in [-0.3, -0.25) is 4.79 Å². The van der Waals surface area contributed by atoms with Crippen molar-refractivity contribution < 1.29 is 22.7 Å². The molecule has 1 heterocycles. The van der Waals surface area contributed by atoms with Crippen LogP contribution in [0.25, 0.3) is 0 Å². The molecule has 1 fully saturated rings. The number of hydrogen-bond donors (Lipinski definition) is 1. The van der Waals surface area contributed by atoms with Crippen LogP contribution in [0.1, 0.15) is 0 Å². The third kappa shape index (κ3) is 5.82. The van der Waals surface area contributed by atoms with E-state index in [1.165, 1.54) is 25.3 Å². The van der Waals surface area contributed by atoms with Crippen LogP contribution < -0.4 is 9.46 Å². The van der Waals surface area contributed by atoms with Gasteiger partial charge in [-0.2, -0.15) is 0 Å². The van der Waals surface area contributed by atoms with Crippen molar-refractivity contribution in [3.63, 3.8) is 0 Å². The van der Waals surface area contributed by atoms with Crippen molar-refractivity contribution in [2.24, 2.45) is 0 Å². The maximum Gasteiger partial charge on any atom is 0.260 e. The van der Waals surface area contributed by atoms with Crippen LogP contribution in [0.2, 0.25) is 5.02 Å². The van der Waals surface area contributed by atoms with Crippen LogP contribution >= 0.6 is 11.6 Å². The Morgan fingerprint density at radius 2 is 1.96 bits per heavy atom. The van der Waals surface area contributed by atoms with Crippen molar-refractivity contribution in [1.29, 1.82) is 0 Å². The number of carbonyl (C=O) groups excluding carboxylic acids is 1. The lowest BCUT2D eigenvalue weighted by Gasteiger charge is -2.32. The van der Waals surface area contributed by atoms with E-state index in [1.807, 2.05) is 7.05 Å². The zero-order valence-corrected chi connectivity index (χ0v) is 16.5. The maximum absolute atomic E-state index is 12.2. The van der Waals surface area contributed by atoms with E-state index in [-0.39, 0.29) is 41.3 Å². The van der Waals surface area contributed by atoms with Crippen molar-refractivity contribution in [3.8, 4) is 5.75 Å². The van der Waals surface area contributed by atoms with Gasteiger partial charge in [0.05, 0.1) is 16.5 Å². The molecule has 0 atom stereocenters. The number of sulfonamides is 1. The van der Waals surface area contributed by atoms with Crippen LogP contribution in [0.5, 0.6) is 5.75 Å². The molecule has 0 aliphatic carbocycles. The largest absolute Gasteiger partial charge is 0.482 e. The highest BCUT2D eigenvalue weighted by Gasteiger charge is 2.20. The topological polar surface area (TPSA) is 88.2 Å². The van der Waals surface area contributed by atoms with Crippen molar-refractivity contribution in [3.05, 3.63) is 23.2 Å². The fourth-order valence-corrected chi connectivity index (χ4v) is 3.75. The Morgan fingerprint density at radius 3 is 2.58 bits per heavy atom. The second-order valence-electron chi connectivity index (χ2n) is 5.96. The molecule has 2 rings (SSSR count). The van der Waals surface area contributed by atoms with Gasteiger partial charge in [0, 0.05) is 39.8 Å². The Balaban J connectivity index is 1.94. The van der Waals surface area contributed by atoms with E-state index in [0.717, 1.165) is 13.1 Å². The molecule has 1 amide bonds. The van der Waals surface area contributed by atoms with Gasteiger partial charge in [0.25, 0.3) is 5.91 Å². The molecule has 1 aliphatic rings. The van der Waals surface area contributed by atoms with Gasteiger partial charge in [0.1, 0.15) is 5.75 Å². The molecule has 0 radical (unpaired) electrons. The van der Waals surface area contributed by atoms with Crippen LogP contribution in [0, 0.1) is 0 Å². The fraction of sp³-hybridized carbons (Fsp3) is 0.562. The van der Waals surface area contributed by atoms with E-state index in [2.05, 4.69) is 9.62 Å². The molecule has 146 valence electrons. The first-order chi connectivity index (χ1) is 12.3. The van der Waals surface area contributed by atoms with E-state index >= 15 is 0 Å². The average molecular weight is 406 g/mol. The molecule has 0 unspecified atom stereocenters.